The monoisotopic (exact) mass is 460 g/mol. The number of ether oxygens (including phenoxy) is 1. The number of aromatic nitrogens is 2. The van der Waals surface area contributed by atoms with Gasteiger partial charge in [-0.15, -0.1) is 0 Å². The molecular formula is C23H23F3N4OS. The van der Waals surface area contributed by atoms with E-state index in [4.69, 9.17) is 17.0 Å². The van der Waals surface area contributed by atoms with Crippen molar-refractivity contribution in [2.75, 3.05) is 20.3 Å². The number of pyridine rings is 1. The summed E-state index contributed by atoms with van der Waals surface area (Å²) < 4.78 is 46.9. The van der Waals surface area contributed by atoms with Crippen LogP contribution in [0.1, 0.15) is 35.5 Å². The minimum absolute atomic E-state index is 0.245. The molecule has 1 aliphatic heterocycles. The molecule has 1 N–H and O–H groups in total. The lowest BCUT2D eigenvalue weighted by Gasteiger charge is -2.29. The van der Waals surface area contributed by atoms with E-state index in [0.717, 1.165) is 29.9 Å². The van der Waals surface area contributed by atoms with Gasteiger partial charge < -0.3 is 19.5 Å². The van der Waals surface area contributed by atoms with Gasteiger partial charge in [-0.25, -0.2) is 0 Å². The highest BCUT2D eigenvalue weighted by Gasteiger charge is 2.41. The van der Waals surface area contributed by atoms with Crippen LogP contribution in [-0.2, 0) is 10.9 Å². The first-order chi connectivity index (χ1) is 15.4. The summed E-state index contributed by atoms with van der Waals surface area (Å²) in [5.41, 5.74) is 1.39. The summed E-state index contributed by atoms with van der Waals surface area (Å²) in [6.07, 6.45) is -0.165. The molecule has 2 atom stereocenters. The van der Waals surface area contributed by atoms with Gasteiger partial charge in [0.2, 0.25) is 0 Å². The summed E-state index contributed by atoms with van der Waals surface area (Å²) in [4.78, 5) is 6.57. The van der Waals surface area contributed by atoms with Gasteiger partial charge in [0.05, 0.1) is 23.3 Å². The molecule has 2 aromatic heterocycles. The van der Waals surface area contributed by atoms with Crippen LogP contribution in [0.2, 0.25) is 0 Å². The number of hydrogen-bond donors (Lipinski definition) is 1. The molecule has 1 aromatic carbocycles. The fraction of sp³-hybridized carbons (Fsp3) is 0.304. The number of nitrogens with zero attached hydrogens (tertiary/aromatic N) is 3. The van der Waals surface area contributed by atoms with Gasteiger partial charge in [0.1, 0.15) is 0 Å². The molecule has 0 aliphatic carbocycles. The van der Waals surface area contributed by atoms with E-state index < -0.39 is 11.7 Å². The zero-order valence-corrected chi connectivity index (χ0v) is 18.2. The number of rotatable bonds is 7. The average molecular weight is 461 g/mol. The van der Waals surface area contributed by atoms with Crippen LogP contribution in [0.4, 0.5) is 13.2 Å². The van der Waals surface area contributed by atoms with Crippen LogP contribution in [0.3, 0.4) is 0 Å². The van der Waals surface area contributed by atoms with E-state index in [1.807, 2.05) is 30.3 Å². The van der Waals surface area contributed by atoms with E-state index >= 15 is 0 Å². The summed E-state index contributed by atoms with van der Waals surface area (Å²) in [5.74, 6) is 0. The molecule has 3 aromatic rings. The molecule has 0 bridgehead atoms. The SMILES string of the molecule is COCCCN1C(=S)NC(c2ccccn2)C1c1cccn1-c1cccc(C(F)(F)F)c1. The van der Waals surface area contributed by atoms with Crippen LogP contribution in [0.25, 0.3) is 5.69 Å². The zero-order chi connectivity index (χ0) is 22.7. The summed E-state index contributed by atoms with van der Waals surface area (Å²) in [5, 5.41) is 3.94. The number of alkyl halides is 3. The van der Waals surface area contributed by atoms with Crippen molar-refractivity contribution >= 4 is 17.3 Å². The Morgan fingerprint density at radius 2 is 1.97 bits per heavy atom. The normalized spacial score (nSPS) is 18.8. The summed E-state index contributed by atoms with van der Waals surface area (Å²) in [6, 6.07) is 14.3. The van der Waals surface area contributed by atoms with Crippen LogP contribution in [-0.4, -0.2) is 39.8 Å². The Morgan fingerprint density at radius 3 is 2.69 bits per heavy atom. The minimum atomic E-state index is -4.41. The Balaban J connectivity index is 1.77. The minimum Gasteiger partial charge on any atom is -0.385 e. The van der Waals surface area contributed by atoms with Crippen molar-refractivity contribution in [2.24, 2.45) is 0 Å². The molecule has 5 nitrogen and oxygen atoms in total. The van der Waals surface area contributed by atoms with E-state index in [9.17, 15) is 13.2 Å². The van der Waals surface area contributed by atoms with Gasteiger partial charge in [0, 0.05) is 44.0 Å². The van der Waals surface area contributed by atoms with Crippen LogP contribution in [0.5, 0.6) is 0 Å². The molecule has 32 heavy (non-hydrogen) atoms. The highest BCUT2D eigenvalue weighted by atomic mass is 32.1. The quantitative estimate of drug-likeness (QED) is 0.401. The van der Waals surface area contributed by atoms with Crippen molar-refractivity contribution in [1.29, 1.82) is 0 Å². The Kier molecular flexibility index (Phi) is 6.48. The number of hydrogen-bond acceptors (Lipinski definition) is 3. The van der Waals surface area contributed by atoms with Crippen LogP contribution in [0.15, 0.2) is 67.0 Å². The number of halogens is 3. The molecule has 0 radical (unpaired) electrons. The Labute approximate surface area is 189 Å². The molecule has 0 amide bonds. The first-order valence-electron chi connectivity index (χ1n) is 10.2. The van der Waals surface area contributed by atoms with Crippen LogP contribution >= 0.6 is 12.2 Å². The standard InChI is InChI=1S/C23H23F3N4OS/c1-31-14-6-13-30-21(20(28-22(30)32)18-9-2-3-11-27-18)19-10-5-12-29(19)17-8-4-7-16(15-17)23(24,25)26/h2-5,7-12,15,20-21H,6,13-14H2,1H3,(H,28,32). The highest BCUT2D eigenvalue weighted by molar-refractivity contribution is 7.80. The van der Waals surface area contributed by atoms with Crippen LogP contribution < -0.4 is 5.32 Å². The predicted molar refractivity (Wildman–Crippen MR) is 119 cm³/mol. The van der Waals surface area contributed by atoms with Crippen molar-refractivity contribution in [2.45, 2.75) is 24.7 Å². The van der Waals surface area contributed by atoms with Crippen molar-refractivity contribution in [3.63, 3.8) is 0 Å². The molecule has 9 heteroatoms. The van der Waals surface area contributed by atoms with Crippen molar-refractivity contribution in [3.05, 3.63) is 83.9 Å². The van der Waals surface area contributed by atoms with E-state index in [1.165, 1.54) is 6.07 Å². The zero-order valence-electron chi connectivity index (χ0n) is 17.4. The second-order valence-corrected chi connectivity index (χ2v) is 7.90. The third-order valence-electron chi connectivity index (χ3n) is 5.48. The van der Waals surface area contributed by atoms with Crippen molar-refractivity contribution in [1.82, 2.24) is 19.8 Å². The Bertz CT molecular complexity index is 1070. The van der Waals surface area contributed by atoms with E-state index in [-0.39, 0.29) is 12.1 Å². The first-order valence-corrected chi connectivity index (χ1v) is 10.6. The van der Waals surface area contributed by atoms with Gasteiger partial charge >= 0.3 is 6.18 Å². The maximum atomic E-state index is 13.3. The van der Waals surface area contributed by atoms with E-state index in [0.29, 0.717) is 24.0 Å². The van der Waals surface area contributed by atoms with Gasteiger partial charge in [-0.2, -0.15) is 13.2 Å². The first kappa shape index (κ1) is 22.3. The maximum absolute atomic E-state index is 13.3. The topological polar surface area (TPSA) is 42.3 Å². The fourth-order valence-corrected chi connectivity index (χ4v) is 4.38. The number of nitrogens with one attached hydrogen (secondary N) is 1. The number of methoxy groups -OCH3 is 1. The predicted octanol–water partition coefficient (Wildman–Crippen LogP) is 4.90. The summed E-state index contributed by atoms with van der Waals surface area (Å²) >= 11 is 5.64. The lowest BCUT2D eigenvalue weighted by molar-refractivity contribution is -0.137. The van der Waals surface area contributed by atoms with Crippen molar-refractivity contribution in [3.8, 4) is 5.69 Å². The van der Waals surface area contributed by atoms with Gasteiger partial charge in [0.25, 0.3) is 0 Å². The molecule has 1 saturated heterocycles. The third kappa shape index (κ3) is 4.49. The maximum Gasteiger partial charge on any atom is 0.416 e. The van der Waals surface area contributed by atoms with Gasteiger partial charge in [0.15, 0.2) is 5.11 Å². The lowest BCUT2D eigenvalue weighted by atomic mass is 10.0. The number of thiocarbonyl (C=S) groups is 1. The number of benzene rings is 1. The lowest BCUT2D eigenvalue weighted by Crippen LogP contribution is -2.32. The molecule has 4 rings (SSSR count). The molecule has 0 saturated carbocycles. The smallest absolute Gasteiger partial charge is 0.385 e. The average Bonchev–Trinajstić information content (AvgIpc) is 3.39. The Morgan fingerprint density at radius 1 is 1.12 bits per heavy atom. The highest BCUT2D eigenvalue weighted by Crippen LogP contribution is 2.40. The second-order valence-electron chi connectivity index (χ2n) is 7.52. The van der Waals surface area contributed by atoms with Gasteiger partial charge in [-0.1, -0.05) is 12.1 Å². The third-order valence-corrected chi connectivity index (χ3v) is 5.83. The molecule has 2 unspecified atom stereocenters. The molecule has 1 fully saturated rings. The summed E-state index contributed by atoms with van der Waals surface area (Å²) in [7, 11) is 1.65. The van der Waals surface area contributed by atoms with Crippen LogP contribution in [0, 0.1) is 0 Å². The molecule has 0 spiro atoms. The van der Waals surface area contributed by atoms with Gasteiger partial charge in [-0.05, 0) is 61.1 Å². The largest absolute Gasteiger partial charge is 0.416 e. The molecule has 3 heterocycles. The summed E-state index contributed by atoms with van der Waals surface area (Å²) in [6.45, 7) is 1.22. The Hall–Kier alpha value is -2.91. The van der Waals surface area contributed by atoms with Gasteiger partial charge in [-0.3, -0.25) is 4.98 Å². The molecular weight excluding hydrogens is 437 g/mol. The van der Waals surface area contributed by atoms with E-state index in [1.54, 1.807) is 30.1 Å². The second kappa shape index (κ2) is 9.30. The van der Waals surface area contributed by atoms with Crippen molar-refractivity contribution < 1.29 is 17.9 Å². The van der Waals surface area contributed by atoms with E-state index in [2.05, 4.69) is 15.2 Å². The fourth-order valence-electron chi connectivity index (χ4n) is 4.05. The molecule has 1 aliphatic rings. The molecule has 168 valence electrons.